The maximum atomic E-state index is 13.9. The normalized spacial score (nSPS) is 17.5. The van der Waals surface area contributed by atoms with Gasteiger partial charge in [-0.25, -0.2) is 4.39 Å². The molecule has 0 atom stereocenters. The lowest BCUT2D eigenvalue weighted by Gasteiger charge is -2.17. The largest absolute Gasteiger partial charge is 0.322 e. The van der Waals surface area contributed by atoms with E-state index in [2.05, 4.69) is 29.3 Å². The van der Waals surface area contributed by atoms with Gasteiger partial charge in [-0.05, 0) is 89.2 Å². The number of pyridine rings is 1. The Morgan fingerprint density at radius 1 is 0.964 bits per heavy atom. The Labute approximate surface area is 162 Å². The molecule has 1 N–H and O–H groups in total. The van der Waals surface area contributed by atoms with Crippen LogP contribution in [-0.4, -0.2) is 4.98 Å². The molecular formula is C25H20FNO. The molecule has 3 aromatic rings. The van der Waals surface area contributed by atoms with Crippen LogP contribution in [-0.2, 0) is 6.42 Å². The Bertz CT molecular complexity index is 1240. The fraction of sp³-hybridized carbons (Fsp3) is 0.160. The van der Waals surface area contributed by atoms with Crippen molar-refractivity contribution >= 4 is 22.6 Å². The average molecular weight is 369 g/mol. The number of nitrogens with one attached hydrogen (secondary N) is 1. The maximum absolute atomic E-state index is 13.9. The van der Waals surface area contributed by atoms with Gasteiger partial charge in [-0.2, -0.15) is 0 Å². The third kappa shape index (κ3) is 3.03. The fourth-order valence-electron chi connectivity index (χ4n) is 4.29. The lowest BCUT2D eigenvalue weighted by Crippen LogP contribution is -2.02. The predicted molar refractivity (Wildman–Crippen MR) is 113 cm³/mol. The highest BCUT2D eigenvalue weighted by atomic mass is 19.1. The van der Waals surface area contributed by atoms with Gasteiger partial charge in [-0.1, -0.05) is 35.9 Å². The molecule has 2 aliphatic rings. The highest BCUT2D eigenvalue weighted by Gasteiger charge is 2.21. The summed E-state index contributed by atoms with van der Waals surface area (Å²) < 4.78 is 13.9. The number of aryl methyl sites for hydroxylation is 1. The maximum Gasteiger partial charge on any atom is 0.248 e. The summed E-state index contributed by atoms with van der Waals surface area (Å²) in [5, 5.41) is 1.00. The average Bonchev–Trinajstić information content (AvgIpc) is 2.85. The molecule has 0 bridgehead atoms. The molecule has 0 saturated carbocycles. The zero-order valence-corrected chi connectivity index (χ0v) is 15.5. The van der Waals surface area contributed by atoms with E-state index in [4.69, 9.17) is 0 Å². The number of allylic oxidation sites excluding steroid dienone is 5. The highest BCUT2D eigenvalue weighted by Crippen LogP contribution is 2.39. The Kier molecular flexibility index (Phi) is 4.09. The van der Waals surface area contributed by atoms with Crippen LogP contribution in [0.25, 0.3) is 22.6 Å². The van der Waals surface area contributed by atoms with E-state index in [0.717, 1.165) is 58.8 Å². The molecule has 1 heterocycles. The minimum Gasteiger partial charge on any atom is -0.322 e. The van der Waals surface area contributed by atoms with Crippen molar-refractivity contribution in [2.45, 2.75) is 25.7 Å². The second-order valence-electron chi connectivity index (χ2n) is 7.49. The molecule has 3 heteroatoms. The summed E-state index contributed by atoms with van der Waals surface area (Å²) >= 11 is 0. The third-order valence-corrected chi connectivity index (χ3v) is 5.68. The molecule has 2 aliphatic carbocycles. The SMILES string of the molecule is O=c1ccc2ccc(/C=C3\C4=C(CCC=C4)CCc4cc(F)ccc43)cc2[nH]1. The van der Waals surface area contributed by atoms with Crippen LogP contribution in [0.1, 0.15) is 36.0 Å². The smallest absolute Gasteiger partial charge is 0.248 e. The number of aromatic amines is 1. The molecular weight excluding hydrogens is 349 g/mol. The van der Waals surface area contributed by atoms with Crippen molar-refractivity contribution in [1.29, 1.82) is 0 Å². The van der Waals surface area contributed by atoms with Crippen LogP contribution in [0.2, 0.25) is 0 Å². The molecule has 0 saturated heterocycles. The Morgan fingerprint density at radius 2 is 1.86 bits per heavy atom. The topological polar surface area (TPSA) is 32.9 Å². The highest BCUT2D eigenvalue weighted by molar-refractivity contribution is 5.96. The minimum atomic E-state index is -0.184. The summed E-state index contributed by atoms with van der Waals surface area (Å²) in [6.45, 7) is 0. The van der Waals surface area contributed by atoms with E-state index in [1.807, 2.05) is 24.3 Å². The second kappa shape index (κ2) is 6.75. The Morgan fingerprint density at radius 3 is 2.79 bits per heavy atom. The second-order valence-corrected chi connectivity index (χ2v) is 7.49. The van der Waals surface area contributed by atoms with E-state index in [9.17, 15) is 9.18 Å². The third-order valence-electron chi connectivity index (χ3n) is 5.68. The van der Waals surface area contributed by atoms with Gasteiger partial charge in [-0.15, -0.1) is 0 Å². The molecule has 0 radical (unpaired) electrons. The van der Waals surface area contributed by atoms with Gasteiger partial charge in [0.1, 0.15) is 5.82 Å². The molecule has 2 aromatic carbocycles. The van der Waals surface area contributed by atoms with Crippen molar-refractivity contribution in [3.63, 3.8) is 0 Å². The van der Waals surface area contributed by atoms with E-state index in [0.29, 0.717) is 0 Å². The Balaban J connectivity index is 1.72. The summed E-state index contributed by atoms with van der Waals surface area (Å²) in [5.41, 5.74) is 7.74. The van der Waals surface area contributed by atoms with Crippen molar-refractivity contribution in [1.82, 2.24) is 4.98 Å². The standard InChI is InChI=1S/C25H20FNO/c26-20-10-11-22-19(15-20)8-7-17-3-1-2-4-21(17)23(22)13-16-5-6-18-9-12-25(28)27-24(18)14-16/h2,4-6,9-15H,1,3,7-8H2,(H,27,28)/b23-13+. The zero-order valence-electron chi connectivity index (χ0n) is 15.5. The molecule has 2 nitrogen and oxygen atoms in total. The number of aromatic nitrogens is 1. The summed E-state index contributed by atoms with van der Waals surface area (Å²) in [7, 11) is 0. The first-order valence-electron chi connectivity index (χ1n) is 9.70. The molecule has 5 rings (SSSR count). The van der Waals surface area contributed by atoms with Gasteiger partial charge in [0.2, 0.25) is 5.56 Å². The van der Waals surface area contributed by atoms with Crippen LogP contribution in [0.5, 0.6) is 0 Å². The number of hydrogen-bond acceptors (Lipinski definition) is 1. The van der Waals surface area contributed by atoms with Gasteiger partial charge in [-0.3, -0.25) is 4.79 Å². The monoisotopic (exact) mass is 369 g/mol. The summed E-state index contributed by atoms with van der Waals surface area (Å²) in [6, 6.07) is 14.6. The molecule has 0 spiro atoms. The van der Waals surface area contributed by atoms with E-state index in [-0.39, 0.29) is 11.4 Å². The fourth-order valence-corrected chi connectivity index (χ4v) is 4.29. The number of benzene rings is 2. The van der Waals surface area contributed by atoms with E-state index in [1.54, 1.807) is 18.2 Å². The summed E-state index contributed by atoms with van der Waals surface area (Å²) in [6.07, 6.45) is 10.6. The van der Waals surface area contributed by atoms with Crippen molar-refractivity contribution < 1.29 is 4.39 Å². The van der Waals surface area contributed by atoms with E-state index >= 15 is 0 Å². The first-order valence-corrected chi connectivity index (χ1v) is 9.70. The number of hydrogen-bond donors (Lipinski definition) is 1. The molecule has 0 unspecified atom stereocenters. The summed E-state index contributed by atoms with van der Waals surface area (Å²) in [4.78, 5) is 14.6. The number of H-pyrrole nitrogens is 1. The first kappa shape index (κ1) is 16.9. The van der Waals surface area contributed by atoms with E-state index < -0.39 is 0 Å². The van der Waals surface area contributed by atoms with Gasteiger partial charge in [0.25, 0.3) is 0 Å². The summed E-state index contributed by atoms with van der Waals surface area (Å²) in [5.74, 6) is -0.184. The van der Waals surface area contributed by atoms with Crippen molar-refractivity contribution in [3.05, 3.63) is 105 Å². The Hall–Kier alpha value is -3.20. The molecule has 1 aromatic heterocycles. The van der Waals surface area contributed by atoms with Crippen LogP contribution in [0.3, 0.4) is 0 Å². The van der Waals surface area contributed by atoms with Crippen LogP contribution in [0, 0.1) is 5.82 Å². The lowest BCUT2D eigenvalue weighted by atomic mass is 9.88. The van der Waals surface area contributed by atoms with Gasteiger partial charge in [0, 0.05) is 11.6 Å². The van der Waals surface area contributed by atoms with Gasteiger partial charge in [0.05, 0.1) is 0 Å². The quantitative estimate of drug-likeness (QED) is 0.578. The van der Waals surface area contributed by atoms with Gasteiger partial charge < -0.3 is 4.98 Å². The van der Waals surface area contributed by atoms with Crippen molar-refractivity contribution in [2.75, 3.05) is 0 Å². The first-order chi connectivity index (χ1) is 13.7. The molecule has 0 aliphatic heterocycles. The molecule has 0 amide bonds. The molecule has 138 valence electrons. The van der Waals surface area contributed by atoms with Crippen LogP contribution in [0.4, 0.5) is 4.39 Å². The molecule has 0 fully saturated rings. The minimum absolute atomic E-state index is 0.104. The van der Waals surface area contributed by atoms with Gasteiger partial charge in [0.15, 0.2) is 0 Å². The van der Waals surface area contributed by atoms with Crippen molar-refractivity contribution in [3.8, 4) is 0 Å². The van der Waals surface area contributed by atoms with Gasteiger partial charge >= 0.3 is 0 Å². The zero-order chi connectivity index (χ0) is 19.1. The predicted octanol–water partition coefficient (Wildman–Crippen LogP) is 5.80. The lowest BCUT2D eigenvalue weighted by molar-refractivity contribution is 0.625. The molecule has 28 heavy (non-hydrogen) atoms. The van der Waals surface area contributed by atoms with Crippen molar-refractivity contribution in [2.24, 2.45) is 0 Å². The van der Waals surface area contributed by atoms with Crippen LogP contribution in [0.15, 0.2) is 76.6 Å². The number of halogens is 1. The van der Waals surface area contributed by atoms with E-state index in [1.165, 1.54) is 11.1 Å². The van der Waals surface area contributed by atoms with Crippen LogP contribution < -0.4 is 5.56 Å². The number of rotatable bonds is 1. The number of fused-ring (bicyclic) bond motifs is 2. The van der Waals surface area contributed by atoms with Crippen LogP contribution >= 0.6 is 0 Å².